The fourth-order valence-electron chi connectivity index (χ4n) is 3.07. The highest BCUT2D eigenvalue weighted by Gasteiger charge is 2.51. The second kappa shape index (κ2) is 4.50. The number of hydrogen-bond donors (Lipinski definition) is 1. The summed E-state index contributed by atoms with van der Waals surface area (Å²) in [6.45, 7) is 4.60. The highest BCUT2D eigenvalue weighted by molar-refractivity contribution is 5.99. The van der Waals surface area contributed by atoms with Crippen LogP contribution in [-0.4, -0.2) is 34.8 Å². The van der Waals surface area contributed by atoms with Crippen LogP contribution in [0.1, 0.15) is 52.4 Å². The molecule has 19 heavy (non-hydrogen) atoms. The Morgan fingerprint density at radius 3 is 2.47 bits per heavy atom. The topological polar surface area (TPSA) is 49.4 Å². The van der Waals surface area contributed by atoms with Crippen molar-refractivity contribution in [3.63, 3.8) is 0 Å². The van der Waals surface area contributed by atoms with E-state index in [0.717, 1.165) is 31.7 Å². The van der Waals surface area contributed by atoms with Gasteiger partial charge < -0.3 is 10.2 Å². The van der Waals surface area contributed by atoms with Gasteiger partial charge in [-0.15, -0.1) is 0 Å². The van der Waals surface area contributed by atoms with Gasteiger partial charge in [-0.25, -0.2) is 0 Å². The maximum Gasteiger partial charge on any atom is 0.248 e. The van der Waals surface area contributed by atoms with E-state index < -0.39 is 5.54 Å². The molecule has 0 bridgehead atoms. The largest absolute Gasteiger partial charge is 0.340 e. The number of piperazine rings is 1. The third-order valence-corrected chi connectivity index (χ3v) is 4.99. The highest BCUT2D eigenvalue weighted by atomic mass is 16.2. The number of hydrogen-bond acceptors (Lipinski definition) is 2. The van der Waals surface area contributed by atoms with Crippen LogP contribution < -0.4 is 5.32 Å². The Kier molecular flexibility index (Phi) is 3.06. The van der Waals surface area contributed by atoms with Crippen LogP contribution in [0.25, 0.3) is 0 Å². The lowest BCUT2D eigenvalue weighted by Crippen LogP contribution is -2.69. The summed E-state index contributed by atoms with van der Waals surface area (Å²) in [5.41, 5.74) is -0.688. The van der Waals surface area contributed by atoms with Crippen LogP contribution in [0.2, 0.25) is 0 Å². The zero-order valence-corrected chi connectivity index (χ0v) is 11.9. The summed E-state index contributed by atoms with van der Waals surface area (Å²) in [4.78, 5) is 27.0. The van der Waals surface area contributed by atoms with Gasteiger partial charge in [0.1, 0.15) is 11.6 Å². The molecule has 106 valence electrons. The number of carbonyl (C=O) groups is 2. The summed E-state index contributed by atoms with van der Waals surface area (Å²) in [6.07, 6.45) is 6.51. The zero-order chi connectivity index (χ0) is 13.6. The predicted molar refractivity (Wildman–Crippen MR) is 72.4 cm³/mol. The lowest BCUT2D eigenvalue weighted by molar-refractivity contribution is -0.155. The maximum absolute atomic E-state index is 12.7. The molecule has 2 aliphatic carbocycles. The van der Waals surface area contributed by atoms with E-state index in [-0.39, 0.29) is 17.9 Å². The molecule has 2 atom stereocenters. The minimum atomic E-state index is -0.688. The molecule has 0 aromatic carbocycles. The number of carbonyl (C=O) groups excluding carboxylic acids is 2. The zero-order valence-electron chi connectivity index (χ0n) is 11.9. The minimum absolute atomic E-state index is 0.0715. The maximum atomic E-state index is 12.7. The van der Waals surface area contributed by atoms with Crippen molar-refractivity contribution in [2.24, 2.45) is 11.8 Å². The monoisotopic (exact) mass is 264 g/mol. The summed E-state index contributed by atoms with van der Waals surface area (Å²) in [5.74, 6) is 1.41. The van der Waals surface area contributed by atoms with E-state index in [1.807, 2.05) is 18.7 Å². The average Bonchev–Trinajstić information content (AvgIpc) is 3.25. The molecular formula is C15H24N2O2. The van der Waals surface area contributed by atoms with Crippen molar-refractivity contribution in [3.8, 4) is 0 Å². The Labute approximate surface area is 114 Å². The van der Waals surface area contributed by atoms with Crippen molar-refractivity contribution in [2.75, 3.05) is 6.54 Å². The number of nitrogens with zero attached hydrogens (tertiary/aromatic N) is 1. The molecule has 1 saturated heterocycles. The van der Waals surface area contributed by atoms with Crippen LogP contribution >= 0.6 is 0 Å². The van der Waals surface area contributed by atoms with Gasteiger partial charge in [0.2, 0.25) is 11.8 Å². The molecule has 2 saturated carbocycles. The van der Waals surface area contributed by atoms with Gasteiger partial charge in [0.15, 0.2) is 0 Å². The molecule has 1 heterocycles. The quantitative estimate of drug-likeness (QED) is 0.821. The summed E-state index contributed by atoms with van der Waals surface area (Å²) in [7, 11) is 0. The van der Waals surface area contributed by atoms with Crippen molar-refractivity contribution in [1.82, 2.24) is 10.2 Å². The van der Waals surface area contributed by atoms with Gasteiger partial charge in [0, 0.05) is 6.54 Å². The Hall–Kier alpha value is -1.06. The molecule has 0 aromatic heterocycles. The van der Waals surface area contributed by atoms with Gasteiger partial charge in [0.05, 0.1) is 0 Å². The van der Waals surface area contributed by atoms with Crippen LogP contribution in [0.5, 0.6) is 0 Å². The molecule has 1 N–H and O–H groups in total. The third-order valence-electron chi connectivity index (χ3n) is 4.99. The van der Waals surface area contributed by atoms with Crippen LogP contribution in [0, 0.1) is 11.8 Å². The van der Waals surface area contributed by atoms with E-state index in [1.165, 1.54) is 12.8 Å². The van der Waals surface area contributed by atoms with Gasteiger partial charge in [-0.3, -0.25) is 9.59 Å². The van der Waals surface area contributed by atoms with Gasteiger partial charge in [-0.2, -0.15) is 0 Å². The van der Waals surface area contributed by atoms with Gasteiger partial charge in [0.25, 0.3) is 0 Å². The molecule has 4 heteroatoms. The predicted octanol–water partition coefficient (Wildman–Crippen LogP) is 1.69. The Morgan fingerprint density at radius 1 is 1.26 bits per heavy atom. The summed E-state index contributed by atoms with van der Waals surface area (Å²) >= 11 is 0. The summed E-state index contributed by atoms with van der Waals surface area (Å²) in [6, 6.07) is -0.189. The SMILES string of the molecule is CCC1(C)NC(=O)C(C2CC2)N(CCC2CC2)C1=O. The van der Waals surface area contributed by atoms with Crippen molar-refractivity contribution in [2.45, 2.75) is 64.0 Å². The number of nitrogens with one attached hydrogen (secondary N) is 1. The molecule has 3 fully saturated rings. The first-order chi connectivity index (χ1) is 9.05. The van der Waals surface area contributed by atoms with E-state index in [4.69, 9.17) is 0 Å². The molecule has 1 aliphatic heterocycles. The first-order valence-electron chi connectivity index (χ1n) is 7.68. The van der Waals surface area contributed by atoms with E-state index in [1.54, 1.807) is 0 Å². The molecule has 2 amide bonds. The average molecular weight is 264 g/mol. The smallest absolute Gasteiger partial charge is 0.248 e. The van der Waals surface area contributed by atoms with Gasteiger partial charge >= 0.3 is 0 Å². The minimum Gasteiger partial charge on any atom is -0.340 e. The summed E-state index contributed by atoms with van der Waals surface area (Å²) in [5, 5.41) is 2.97. The first-order valence-corrected chi connectivity index (χ1v) is 7.68. The van der Waals surface area contributed by atoms with Crippen molar-refractivity contribution >= 4 is 11.8 Å². The van der Waals surface area contributed by atoms with Crippen LogP contribution in [-0.2, 0) is 9.59 Å². The summed E-state index contributed by atoms with van der Waals surface area (Å²) < 4.78 is 0. The van der Waals surface area contributed by atoms with Gasteiger partial charge in [-0.05, 0) is 44.4 Å². The Bertz CT molecular complexity index is 401. The van der Waals surface area contributed by atoms with E-state index >= 15 is 0 Å². The molecule has 2 unspecified atom stereocenters. The Balaban J connectivity index is 1.78. The highest BCUT2D eigenvalue weighted by Crippen LogP contribution is 2.40. The molecule has 3 aliphatic rings. The van der Waals surface area contributed by atoms with Gasteiger partial charge in [-0.1, -0.05) is 19.8 Å². The fourth-order valence-corrected chi connectivity index (χ4v) is 3.07. The van der Waals surface area contributed by atoms with Crippen LogP contribution in [0.4, 0.5) is 0 Å². The molecule has 0 spiro atoms. The van der Waals surface area contributed by atoms with E-state index in [0.29, 0.717) is 12.3 Å². The van der Waals surface area contributed by atoms with Crippen LogP contribution in [0.15, 0.2) is 0 Å². The normalized spacial score (nSPS) is 35.5. The molecule has 3 rings (SSSR count). The molecular weight excluding hydrogens is 240 g/mol. The second-order valence-electron chi connectivity index (χ2n) is 6.69. The lowest BCUT2D eigenvalue weighted by Gasteiger charge is -2.44. The molecule has 4 nitrogen and oxygen atoms in total. The third kappa shape index (κ3) is 2.37. The molecule has 0 radical (unpaired) electrons. The first kappa shape index (κ1) is 12.9. The number of amides is 2. The van der Waals surface area contributed by atoms with E-state index in [2.05, 4.69) is 5.32 Å². The second-order valence-corrected chi connectivity index (χ2v) is 6.69. The van der Waals surface area contributed by atoms with Crippen molar-refractivity contribution in [3.05, 3.63) is 0 Å². The number of rotatable bonds is 5. The lowest BCUT2D eigenvalue weighted by atomic mass is 9.90. The van der Waals surface area contributed by atoms with Crippen molar-refractivity contribution in [1.29, 1.82) is 0 Å². The van der Waals surface area contributed by atoms with Crippen molar-refractivity contribution < 1.29 is 9.59 Å². The fraction of sp³-hybridized carbons (Fsp3) is 0.867. The molecule has 0 aromatic rings. The Morgan fingerprint density at radius 2 is 1.95 bits per heavy atom. The van der Waals surface area contributed by atoms with Crippen LogP contribution in [0.3, 0.4) is 0 Å². The van der Waals surface area contributed by atoms with E-state index in [9.17, 15) is 9.59 Å². The standard InChI is InChI=1S/C15H24N2O2/c1-3-15(2)14(19)17(9-8-10-4-5-10)12(11-6-7-11)13(18)16-15/h10-12H,3-9H2,1-2H3,(H,16,18).